The molecule has 0 fully saturated rings. The van der Waals surface area contributed by atoms with Crippen LogP contribution in [-0.2, 0) is 13.2 Å². The van der Waals surface area contributed by atoms with E-state index in [0.29, 0.717) is 17.2 Å². The molecule has 0 saturated carbocycles. The molecule has 126 valence electrons. The van der Waals surface area contributed by atoms with Crippen LogP contribution in [0.5, 0.6) is 0 Å². The normalized spacial score (nSPS) is 11.6. The van der Waals surface area contributed by atoms with Gasteiger partial charge >= 0.3 is 0 Å². The fourth-order valence-electron chi connectivity index (χ4n) is 3.02. The van der Waals surface area contributed by atoms with Crippen LogP contribution in [0.25, 0.3) is 5.78 Å². The van der Waals surface area contributed by atoms with Crippen molar-refractivity contribution >= 4 is 18.0 Å². The zero-order valence-corrected chi connectivity index (χ0v) is 15.7. The maximum atomic E-state index is 5.58. The Morgan fingerprint density at radius 1 is 1.12 bits per heavy atom. The maximum Gasteiger partial charge on any atom is 0.254 e. The third kappa shape index (κ3) is 3.25. The summed E-state index contributed by atoms with van der Waals surface area (Å²) in [6, 6.07) is 8.59. The largest absolute Gasteiger partial charge is 0.283 e. The van der Waals surface area contributed by atoms with Gasteiger partial charge in [0.25, 0.3) is 5.78 Å². The predicted molar refractivity (Wildman–Crippen MR) is 98.7 cm³/mol. The zero-order valence-electron chi connectivity index (χ0n) is 14.9. The number of hydrogen-bond donors (Lipinski definition) is 0. The minimum atomic E-state index is 0.633. The van der Waals surface area contributed by atoms with Crippen LogP contribution in [0.1, 0.15) is 28.1 Å². The van der Waals surface area contributed by atoms with E-state index in [1.807, 2.05) is 29.0 Å². The molecule has 3 rings (SSSR count). The number of rotatable bonds is 4. The average Bonchev–Trinajstić information content (AvgIpc) is 2.78. The lowest BCUT2D eigenvalue weighted by Crippen LogP contribution is -2.23. The Morgan fingerprint density at radius 3 is 2.58 bits per heavy atom. The van der Waals surface area contributed by atoms with Gasteiger partial charge < -0.3 is 0 Å². The minimum absolute atomic E-state index is 0.633. The fourth-order valence-corrected chi connectivity index (χ4v) is 3.34. The highest BCUT2D eigenvalue weighted by molar-refractivity contribution is 7.71. The van der Waals surface area contributed by atoms with E-state index < -0.39 is 0 Å². The Hall–Kier alpha value is -2.05. The van der Waals surface area contributed by atoms with Gasteiger partial charge in [-0.05, 0) is 64.2 Å². The van der Waals surface area contributed by atoms with Crippen LogP contribution < -0.4 is 0 Å². The lowest BCUT2D eigenvalue weighted by atomic mass is 10.1. The topological polar surface area (TPSA) is 38.4 Å². The quantitative estimate of drug-likeness (QED) is 0.680. The van der Waals surface area contributed by atoms with E-state index in [2.05, 4.69) is 54.1 Å². The van der Waals surface area contributed by atoms with Gasteiger partial charge in [-0.25, -0.2) is 9.67 Å². The highest BCUT2D eigenvalue weighted by Gasteiger charge is 2.11. The van der Waals surface area contributed by atoms with E-state index in [0.717, 1.165) is 17.9 Å². The fraction of sp³-hybridized carbons (Fsp3) is 0.389. The maximum absolute atomic E-state index is 5.58. The van der Waals surface area contributed by atoms with Crippen LogP contribution in [0.2, 0.25) is 0 Å². The van der Waals surface area contributed by atoms with E-state index in [-0.39, 0.29) is 0 Å². The molecule has 0 saturated heterocycles. The Balaban J connectivity index is 1.85. The molecule has 0 bridgehead atoms. The Morgan fingerprint density at radius 2 is 1.88 bits per heavy atom. The van der Waals surface area contributed by atoms with Crippen molar-refractivity contribution in [1.29, 1.82) is 0 Å². The van der Waals surface area contributed by atoms with Gasteiger partial charge in [0.1, 0.15) is 0 Å². The van der Waals surface area contributed by atoms with Crippen LogP contribution in [0.3, 0.4) is 0 Å². The number of aryl methyl sites for hydroxylation is 4. The van der Waals surface area contributed by atoms with Crippen molar-refractivity contribution in [1.82, 2.24) is 24.1 Å². The summed E-state index contributed by atoms with van der Waals surface area (Å²) in [7, 11) is 2.08. The first-order chi connectivity index (χ1) is 11.3. The number of aromatic nitrogens is 4. The Kier molecular flexibility index (Phi) is 4.51. The van der Waals surface area contributed by atoms with E-state index in [9.17, 15) is 0 Å². The number of nitrogens with zero attached hydrogens (tertiary/aromatic N) is 5. The van der Waals surface area contributed by atoms with Crippen LogP contribution in [0.4, 0.5) is 0 Å². The molecule has 2 aromatic heterocycles. The molecule has 2 heterocycles. The molecule has 1 aromatic carbocycles. The summed E-state index contributed by atoms with van der Waals surface area (Å²) in [5.41, 5.74) is 5.94. The number of hydrogen-bond acceptors (Lipinski definition) is 4. The van der Waals surface area contributed by atoms with Crippen LogP contribution in [0.15, 0.2) is 24.3 Å². The summed E-state index contributed by atoms with van der Waals surface area (Å²) in [5.74, 6) is 0.664. The summed E-state index contributed by atoms with van der Waals surface area (Å²) in [6.07, 6.45) is 0. The summed E-state index contributed by atoms with van der Waals surface area (Å²) in [5, 5.41) is 4.57. The Labute approximate surface area is 147 Å². The molecule has 0 aliphatic heterocycles. The highest BCUT2D eigenvalue weighted by Crippen LogP contribution is 2.13. The molecule has 6 heteroatoms. The molecule has 3 aromatic rings. The van der Waals surface area contributed by atoms with Crippen molar-refractivity contribution in [3.8, 4) is 0 Å². The van der Waals surface area contributed by atoms with Gasteiger partial charge in [-0.2, -0.15) is 0 Å². The second kappa shape index (κ2) is 6.45. The number of fused-ring (bicyclic) bond motifs is 1. The summed E-state index contributed by atoms with van der Waals surface area (Å²) < 4.78 is 4.45. The van der Waals surface area contributed by atoms with Gasteiger partial charge in [-0.1, -0.05) is 23.8 Å². The molecule has 0 atom stereocenters. The first-order valence-corrected chi connectivity index (χ1v) is 8.44. The smallest absolute Gasteiger partial charge is 0.254 e. The van der Waals surface area contributed by atoms with Gasteiger partial charge in [-0.15, -0.1) is 5.10 Å². The third-order valence-electron chi connectivity index (χ3n) is 4.18. The molecule has 0 amide bonds. The lowest BCUT2D eigenvalue weighted by molar-refractivity contribution is 0.244. The van der Waals surface area contributed by atoms with E-state index in [4.69, 9.17) is 12.2 Å². The van der Waals surface area contributed by atoms with Crippen LogP contribution in [-0.4, -0.2) is 31.1 Å². The standard InChI is InChI=1S/C18H23N5S/c1-12-6-7-16(13(2)8-12)10-21(5)11-22-18(24)23-15(4)9-14(3)19-17(23)20-22/h6-9H,10-11H2,1-5H3. The molecule has 5 nitrogen and oxygen atoms in total. The van der Waals surface area contributed by atoms with Crippen LogP contribution in [0, 0.1) is 32.5 Å². The summed E-state index contributed by atoms with van der Waals surface area (Å²) >= 11 is 5.58. The molecule has 0 unspecified atom stereocenters. The van der Waals surface area contributed by atoms with Crippen LogP contribution >= 0.6 is 12.2 Å². The van der Waals surface area contributed by atoms with Crippen molar-refractivity contribution in [3.05, 3.63) is 57.1 Å². The van der Waals surface area contributed by atoms with Gasteiger partial charge in [0.15, 0.2) is 0 Å². The third-order valence-corrected chi connectivity index (χ3v) is 4.58. The van der Waals surface area contributed by atoms with E-state index >= 15 is 0 Å². The average molecular weight is 341 g/mol. The van der Waals surface area contributed by atoms with E-state index in [1.165, 1.54) is 16.7 Å². The molecular weight excluding hydrogens is 318 g/mol. The van der Waals surface area contributed by atoms with Crippen molar-refractivity contribution in [2.24, 2.45) is 0 Å². The predicted octanol–water partition coefficient (Wildman–Crippen LogP) is 3.58. The first-order valence-electron chi connectivity index (χ1n) is 8.03. The van der Waals surface area contributed by atoms with E-state index in [1.54, 1.807) is 0 Å². The zero-order chi connectivity index (χ0) is 17.4. The van der Waals surface area contributed by atoms with Gasteiger partial charge in [0, 0.05) is 17.9 Å². The monoisotopic (exact) mass is 341 g/mol. The molecule has 0 aliphatic rings. The highest BCUT2D eigenvalue weighted by atomic mass is 32.1. The van der Waals surface area contributed by atoms with Gasteiger partial charge in [0.2, 0.25) is 4.77 Å². The Bertz CT molecular complexity index is 954. The second-order valence-electron chi connectivity index (χ2n) is 6.54. The van der Waals surface area contributed by atoms with Crippen molar-refractivity contribution in [2.45, 2.75) is 40.9 Å². The van der Waals surface area contributed by atoms with Crippen molar-refractivity contribution in [3.63, 3.8) is 0 Å². The molecular formula is C18H23N5S. The SMILES string of the molecule is Cc1ccc(CN(C)Cn2nc3nc(C)cc(C)n3c2=S)c(C)c1. The van der Waals surface area contributed by atoms with Crippen molar-refractivity contribution in [2.75, 3.05) is 7.05 Å². The lowest BCUT2D eigenvalue weighted by Gasteiger charge is -2.18. The van der Waals surface area contributed by atoms with Gasteiger partial charge in [-0.3, -0.25) is 9.30 Å². The molecule has 0 radical (unpaired) electrons. The summed E-state index contributed by atoms with van der Waals surface area (Å²) in [4.78, 5) is 6.69. The second-order valence-corrected chi connectivity index (χ2v) is 6.91. The molecule has 0 spiro atoms. The minimum Gasteiger partial charge on any atom is -0.283 e. The van der Waals surface area contributed by atoms with Gasteiger partial charge in [0.05, 0.1) is 6.67 Å². The summed E-state index contributed by atoms with van der Waals surface area (Å²) in [6.45, 7) is 9.77. The molecule has 0 aliphatic carbocycles. The van der Waals surface area contributed by atoms with Crippen molar-refractivity contribution < 1.29 is 0 Å². The molecule has 24 heavy (non-hydrogen) atoms. The first kappa shape index (κ1) is 16.8. The number of benzene rings is 1. The molecule has 0 N–H and O–H groups in total.